The predicted molar refractivity (Wildman–Crippen MR) is 153 cm³/mol. The number of alkyl carbamates (subject to hydrolysis) is 1. The lowest BCUT2D eigenvalue weighted by atomic mass is 9.95. The molecule has 0 heterocycles. The lowest BCUT2D eigenvalue weighted by molar-refractivity contribution is -0.140. The van der Waals surface area contributed by atoms with Crippen molar-refractivity contribution in [2.24, 2.45) is 5.92 Å². The van der Waals surface area contributed by atoms with Crippen LogP contribution in [-0.4, -0.2) is 41.0 Å². The number of aryl methyl sites for hydroxylation is 4. The summed E-state index contributed by atoms with van der Waals surface area (Å²) in [5, 5.41) is 15.5. The lowest BCUT2D eigenvalue weighted by Crippen LogP contribution is -2.53. The van der Waals surface area contributed by atoms with E-state index in [1.165, 1.54) is 4.90 Å². The van der Waals surface area contributed by atoms with Gasteiger partial charge in [0.2, 0.25) is 5.91 Å². The number of amides is 3. The first kappa shape index (κ1) is 31.4. The van der Waals surface area contributed by atoms with Gasteiger partial charge in [-0.3, -0.25) is 9.59 Å². The molecule has 0 aliphatic rings. The van der Waals surface area contributed by atoms with Gasteiger partial charge in [0.1, 0.15) is 24.2 Å². The van der Waals surface area contributed by atoms with Crippen LogP contribution in [0.4, 0.5) is 10.5 Å². The third-order valence-corrected chi connectivity index (χ3v) is 6.24. The summed E-state index contributed by atoms with van der Waals surface area (Å²) in [6.45, 7) is 16.3. The fourth-order valence-electron chi connectivity index (χ4n) is 4.42. The van der Waals surface area contributed by atoms with E-state index in [9.17, 15) is 19.6 Å². The maximum Gasteiger partial charge on any atom is 0.408 e. The van der Waals surface area contributed by atoms with Gasteiger partial charge in [-0.05, 0) is 83.1 Å². The molecule has 2 N–H and O–H groups in total. The average molecular weight is 535 g/mol. The van der Waals surface area contributed by atoms with Crippen LogP contribution in [0.2, 0.25) is 0 Å². The smallest absolute Gasteiger partial charge is 0.408 e. The van der Waals surface area contributed by atoms with Crippen LogP contribution in [-0.2, 0) is 14.3 Å². The molecule has 39 heavy (non-hydrogen) atoms. The Balaban J connectivity index is 2.61. The number of carbonyl (C=O) groups excluding carboxylic acids is 3. The van der Waals surface area contributed by atoms with Crippen molar-refractivity contribution in [2.45, 2.75) is 86.4 Å². The second kappa shape index (κ2) is 13.3. The predicted octanol–water partition coefficient (Wildman–Crippen LogP) is 5.89. The number of nitrogens with zero attached hydrogens (tertiary/aromatic N) is 2. The number of ether oxygens (including phenoxy) is 1. The summed E-state index contributed by atoms with van der Waals surface area (Å²) in [4.78, 5) is 42.1. The third kappa shape index (κ3) is 8.85. The van der Waals surface area contributed by atoms with E-state index in [0.29, 0.717) is 17.7 Å². The van der Waals surface area contributed by atoms with Crippen LogP contribution in [0.15, 0.2) is 36.4 Å². The molecular formula is C31H42N4O4. The van der Waals surface area contributed by atoms with Crippen molar-refractivity contribution in [1.82, 2.24) is 10.2 Å². The van der Waals surface area contributed by atoms with E-state index in [-0.39, 0.29) is 12.5 Å². The summed E-state index contributed by atoms with van der Waals surface area (Å²) < 4.78 is 5.41. The minimum Gasteiger partial charge on any atom is -0.444 e. The van der Waals surface area contributed by atoms with Crippen molar-refractivity contribution in [3.63, 3.8) is 0 Å². The van der Waals surface area contributed by atoms with Gasteiger partial charge in [-0.25, -0.2) is 4.79 Å². The van der Waals surface area contributed by atoms with Crippen LogP contribution in [0, 0.1) is 44.9 Å². The van der Waals surface area contributed by atoms with Crippen LogP contribution < -0.4 is 10.6 Å². The third-order valence-electron chi connectivity index (χ3n) is 6.24. The molecule has 0 saturated heterocycles. The SMILES string of the molecule is Cc1ccc(C)c(C(C(=O)Nc2c(C)cccc2C)N(CC#N)C(=O)C(CC(C)C)NC(=O)OC(C)(C)C)c1. The Morgan fingerprint density at radius 3 is 2.15 bits per heavy atom. The first-order valence-corrected chi connectivity index (χ1v) is 13.3. The molecule has 3 amide bonds. The van der Waals surface area contributed by atoms with Crippen molar-refractivity contribution >= 4 is 23.6 Å². The first-order valence-electron chi connectivity index (χ1n) is 13.3. The molecule has 0 saturated carbocycles. The van der Waals surface area contributed by atoms with Gasteiger partial charge in [0, 0.05) is 5.69 Å². The van der Waals surface area contributed by atoms with Crippen molar-refractivity contribution in [1.29, 1.82) is 5.26 Å². The Bertz CT molecular complexity index is 1220. The van der Waals surface area contributed by atoms with Gasteiger partial charge < -0.3 is 20.3 Å². The normalized spacial score (nSPS) is 12.7. The van der Waals surface area contributed by atoms with Crippen LogP contribution in [0.3, 0.4) is 0 Å². The number of hydrogen-bond acceptors (Lipinski definition) is 5. The van der Waals surface area contributed by atoms with Gasteiger partial charge in [0.25, 0.3) is 5.91 Å². The van der Waals surface area contributed by atoms with Gasteiger partial charge in [-0.15, -0.1) is 0 Å². The van der Waals surface area contributed by atoms with E-state index >= 15 is 0 Å². The monoisotopic (exact) mass is 534 g/mol. The summed E-state index contributed by atoms with van der Waals surface area (Å²) in [5.41, 5.74) is 3.99. The standard InChI is InChI=1S/C31H42N4O4/c1-19(2)17-25(33-30(38)39-31(7,8)9)29(37)35(16-15-32)27(24-18-20(3)13-14-21(24)4)28(36)34-26-22(5)11-10-12-23(26)6/h10-14,18-19,25,27H,16-17H2,1-9H3,(H,33,38)(H,34,36). The summed E-state index contributed by atoms with van der Waals surface area (Å²) in [6, 6.07) is 11.4. The molecule has 0 aliphatic heterocycles. The van der Waals surface area contributed by atoms with Crippen molar-refractivity contribution in [2.75, 3.05) is 11.9 Å². The molecule has 8 heteroatoms. The minimum atomic E-state index is -1.11. The largest absolute Gasteiger partial charge is 0.444 e. The van der Waals surface area contributed by atoms with E-state index in [4.69, 9.17) is 4.74 Å². The Morgan fingerprint density at radius 2 is 1.62 bits per heavy atom. The zero-order valence-electron chi connectivity index (χ0n) is 24.6. The van der Waals surface area contributed by atoms with Crippen LogP contribution in [0.5, 0.6) is 0 Å². The zero-order chi connectivity index (χ0) is 29.5. The van der Waals surface area contributed by atoms with E-state index in [0.717, 1.165) is 22.3 Å². The number of anilines is 1. The fraction of sp³-hybridized carbons (Fsp3) is 0.484. The lowest BCUT2D eigenvalue weighted by Gasteiger charge is -2.34. The molecule has 2 rings (SSSR count). The summed E-state index contributed by atoms with van der Waals surface area (Å²) in [6.07, 6.45) is -0.431. The molecule has 2 aromatic rings. The van der Waals surface area contributed by atoms with Gasteiger partial charge in [-0.1, -0.05) is 55.8 Å². The summed E-state index contributed by atoms with van der Waals surface area (Å²) in [5.74, 6) is -0.927. The molecule has 0 spiro atoms. The Hall–Kier alpha value is -3.86. The Kier molecular flexibility index (Phi) is 10.7. The molecule has 8 nitrogen and oxygen atoms in total. The molecular weight excluding hydrogens is 492 g/mol. The van der Waals surface area contributed by atoms with Crippen LogP contribution in [0.1, 0.15) is 74.9 Å². The highest BCUT2D eigenvalue weighted by Crippen LogP contribution is 2.30. The molecule has 210 valence electrons. The molecule has 2 atom stereocenters. The number of hydrogen-bond donors (Lipinski definition) is 2. The second-order valence-corrected chi connectivity index (χ2v) is 11.5. The van der Waals surface area contributed by atoms with Crippen LogP contribution >= 0.6 is 0 Å². The van der Waals surface area contributed by atoms with Gasteiger partial charge >= 0.3 is 6.09 Å². The molecule has 0 aliphatic carbocycles. The number of benzene rings is 2. The minimum absolute atomic E-state index is 0.0421. The van der Waals surface area contributed by atoms with Crippen molar-refractivity contribution < 1.29 is 19.1 Å². The van der Waals surface area contributed by atoms with E-state index < -0.39 is 35.6 Å². The van der Waals surface area contributed by atoms with Crippen LogP contribution in [0.25, 0.3) is 0 Å². The Labute approximate surface area is 232 Å². The van der Waals surface area contributed by atoms with Gasteiger partial charge in [0.15, 0.2) is 0 Å². The molecule has 0 aromatic heterocycles. The topological polar surface area (TPSA) is 112 Å². The highest BCUT2D eigenvalue weighted by Gasteiger charge is 2.37. The molecule has 0 fully saturated rings. The molecule has 0 bridgehead atoms. The van der Waals surface area contributed by atoms with E-state index in [1.807, 2.05) is 77.9 Å². The Morgan fingerprint density at radius 1 is 1.00 bits per heavy atom. The quantitative estimate of drug-likeness (QED) is 0.390. The maximum atomic E-state index is 14.1. The molecule has 0 radical (unpaired) electrons. The average Bonchev–Trinajstić information content (AvgIpc) is 2.81. The number of carbonyl (C=O) groups is 3. The van der Waals surface area contributed by atoms with Gasteiger partial charge in [-0.2, -0.15) is 5.26 Å². The highest BCUT2D eigenvalue weighted by molar-refractivity contribution is 6.00. The number of rotatable bonds is 9. The second-order valence-electron chi connectivity index (χ2n) is 11.5. The first-order chi connectivity index (χ1) is 18.1. The molecule has 2 aromatic carbocycles. The summed E-state index contributed by atoms with van der Waals surface area (Å²) in [7, 11) is 0. The number of nitrogens with one attached hydrogen (secondary N) is 2. The maximum absolute atomic E-state index is 14.1. The van der Waals surface area contributed by atoms with Gasteiger partial charge in [0.05, 0.1) is 6.07 Å². The number of para-hydroxylation sites is 1. The van der Waals surface area contributed by atoms with Crippen molar-refractivity contribution in [3.05, 3.63) is 64.2 Å². The zero-order valence-corrected chi connectivity index (χ0v) is 24.6. The van der Waals surface area contributed by atoms with Crippen molar-refractivity contribution in [3.8, 4) is 6.07 Å². The highest BCUT2D eigenvalue weighted by atomic mass is 16.6. The number of nitriles is 1. The van der Waals surface area contributed by atoms with E-state index in [2.05, 4.69) is 16.7 Å². The van der Waals surface area contributed by atoms with E-state index in [1.54, 1.807) is 20.8 Å². The fourth-order valence-corrected chi connectivity index (χ4v) is 4.42. The molecule has 2 unspecified atom stereocenters. The summed E-state index contributed by atoms with van der Waals surface area (Å²) >= 11 is 0.